The van der Waals surface area contributed by atoms with Crippen LogP contribution in [-0.2, 0) is 12.8 Å². The van der Waals surface area contributed by atoms with E-state index in [2.05, 4.69) is 11.8 Å². The smallest absolute Gasteiger partial charge is 0.195 e. The fraction of sp³-hybridized carbons (Fsp3) is 0.111. The van der Waals surface area contributed by atoms with Crippen LogP contribution >= 0.6 is 0 Å². The number of rotatable bonds is 3. The molecular weight excluding hydrogens is 419 g/mol. The maximum atomic E-state index is 14.5. The van der Waals surface area contributed by atoms with E-state index in [0.717, 1.165) is 11.6 Å². The Balaban J connectivity index is 1.53. The average molecular weight is 436 g/mol. The number of hydrogen-bond acceptors (Lipinski definition) is 0. The Morgan fingerprint density at radius 2 is 1.47 bits per heavy atom. The van der Waals surface area contributed by atoms with E-state index in [4.69, 9.17) is 0 Å². The Labute approximate surface area is 182 Å². The molecule has 0 spiro atoms. The summed E-state index contributed by atoms with van der Waals surface area (Å²) in [4.78, 5) is 0. The third kappa shape index (κ3) is 4.50. The molecule has 0 aliphatic carbocycles. The molecule has 0 atom stereocenters. The first-order valence-corrected chi connectivity index (χ1v) is 9.94. The molecule has 0 N–H and O–H groups in total. The monoisotopic (exact) mass is 436 g/mol. The number of fused-ring (bicyclic) bond motifs is 1. The van der Waals surface area contributed by atoms with Gasteiger partial charge in [0.2, 0.25) is 0 Å². The lowest BCUT2D eigenvalue weighted by molar-refractivity contribution is 0.453. The van der Waals surface area contributed by atoms with Crippen molar-refractivity contribution in [1.29, 1.82) is 0 Å². The van der Waals surface area contributed by atoms with Gasteiger partial charge in [0.1, 0.15) is 11.6 Å². The zero-order valence-corrected chi connectivity index (χ0v) is 17.1. The van der Waals surface area contributed by atoms with Crippen LogP contribution in [-0.4, -0.2) is 0 Å². The Bertz CT molecular complexity index is 1390. The van der Waals surface area contributed by atoms with Crippen LogP contribution in [0.1, 0.15) is 27.8 Å². The summed E-state index contributed by atoms with van der Waals surface area (Å²) >= 11 is 0. The molecule has 0 bridgehead atoms. The first kappa shape index (κ1) is 21.6. The second-order valence-corrected chi connectivity index (χ2v) is 7.58. The molecule has 4 aromatic carbocycles. The average Bonchev–Trinajstić information content (AvgIpc) is 2.76. The van der Waals surface area contributed by atoms with Crippen molar-refractivity contribution in [3.63, 3.8) is 0 Å². The van der Waals surface area contributed by atoms with Gasteiger partial charge in [0.25, 0.3) is 0 Å². The second-order valence-electron chi connectivity index (χ2n) is 7.58. The Hall–Kier alpha value is -3.65. The van der Waals surface area contributed by atoms with Crippen LogP contribution in [0.2, 0.25) is 0 Å². The highest BCUT2D eigenvalue weighted by Gasteiger charge is 2.13. The number of aryl methyl sites for hydroxylation is 3. The molecule has 32 heavy (non-hydrogen) atoms. The van der Waals surface area contributed by atoms with Crippen molar-refractivity contribution in [2.45, 2.75) is 19.8 Å². The lowest BCUT2D eigenvalue weighted by Crippen LogP contribution is -1.97. The highest BCUT2D eigenvalue weighted by molar-refractivity contribution is 5.84. The minimum atomic E-state index is -1.52. The molecule has 0 aromatic heterocycles. The van der Waals surface area contributed by atoms with Crippen molar-refractivity contribution in [1.82, 2.24) is 0 Å². The van der Waals surface area contributed by atoms with E-state index in [9.17, 15) is 22.0 Å². The summed E-state index contributed by atoms with van der Waals surface area (Å²) in [5.41, 5.74) is 2.69. The van der Waals surface area contributed by atoms with E-state index in [1.165, 1.54) is 30.3 Å². The largest absolute Gasteiger partial charge is 0.207 e. The first-order chi connectivity index (χ1) is 15.3. The number of benzene rings is 4. The third-order valence-electron chi connectivity index (χ3n) is 5.24. The Kier molecular flexibility index (Phi) is 5.96. The van der Waals surface area contributed by atoms with E-state index in [1.54, 1.807) is 18.2 Å². The predicted molar refractivity (Wildman–Crippen MR) is 115 cm³/mol. The van der Waals surface area contributed by atoms with Gasteiger partial charge in [-0.15, -0.1) is 0 Å². The molecule has 4 rings (SSSR count). The van der Waals surface area contributed by atoms with Gasteiger partial charge in [0.05, 0.1) is 5.56 Å². The summed E-state index contributed by atoms with van der Waals surface area (Å²) in [6.45, 7) is 1.82. The van der Waals surface area contributed by atoms with Gasteiger partial charge >= 0.3 is 0 Å². The van der Waals surface area contributed by atoms with Crippen molar-refractivity contribution in [3.8, 4) is 11.8 Å². The molecule has 0 nitrogen and oxygen atoms in total. The molecule has 0 fully saturated rings. The second kappa shape index (κ2) is 8.84. The summed E-state index contributed by atoms with van der Waals surface area (Å²) < 4.78 is 69.1. The van der Waals surface area contributed by atoms with Crippen LogP contribution in [0.15, 0.2) is 60.7 Å². The highest BCUT2D eigenvalue weighted by Crippen LogP contribution is 2.24. The summed E-state index contributed by atoms with van der Waals surface area (Å²) in [5.74, 6) is 0.610. The molecule has 0 radical (unpaired) electrons. The summed E-state index contributed by atoms with van der Waals surface area (Å²) in [5, 5.41) is 0.0994. The molecular formula is C27H17F5. The number of hydrogen-bond donors (Lipinski definition) is 0. The van der Waals surface area contributed by atoms with E-state index >= 15 is 0 Å². The Morgan fingerprint density at radius 3 is 2.22 bits per heavy atom. The third-order valence-corrected chi connectivity index (χ3v) is 5.24. The fourth-order valence-corrected chi connectivity index (χ4v) is 3.47. The van der Waals surface area contributed by atoms with Gasteiger partial charge in [-0.3, -0.25) is 0 Å². The summed E-state index contributed by atoms with van der Waals surface area (Å²) in [6.07, 6.45) is 0.921. The van der Waals surface area contributed by atoms with E-state index in [1.807, 2.05) is 13.0 Å². The van der Waals surface area contributed by atoms with Crippen molar-refractivity contribution in [2.24, 2.45) is 0 Å². The molecule has 0 aliphatic rings. The standard InChI is InChI=1S/C27H17F5/c1-16-2-7-19(23(28)12-16)9-4-18-5-10-20(24(29)14-18)8-3-17-6-11-22-21(13-17)15-25(30)27(32)26(22)31/h2,5-7,10-15H,4,9H2,1H3. The maximum Gasteiger partial charge on any atom is 0.195 e. The van der Waals surface area contributed by atoms with Crippen molar-refractivity contribution < 1.29 is 22.0 Å². The van der Waals surface area contributed by atoms with E-state index in [-0.39, 0.29) is 22.2 Å². The molecule has 0 aliphatic heterocycles. The quantitative estimate of drug-likeness (QED) is 0.184. The minimum Gasteiger partial charge on any atom is -0.207 e. The lowest BCUT2D eigenvalue weighted by atomic mass is 10.0. The van der Waals surface area contributed by atoms with Gasteiger partial charge in [-0.2, -0.15) is 0 Å². The SMILES string of the molecule is Cc1ccc(CCc2ccc(C#Cc3ccc4c(F)c(F)c(F)cc4c3)c(F)c2)c(F)c1. The summed E-state index contributed by atoms with van der Waals surface area (Å²) in [6, 6.07) is 14.7. The van der Waals surface area contributed by atoms with Gasteiger partial charge in [-0.25, -0.2) is 22.0 Å². The zero-order chi connectivity index (χ0) is 22.8. The van der Waals surface area contributed by atoms with Crippen LogP contribution in [0.3, 0.4) is 0 Å². The van der Waals surface area contributed by atoms with Crippen molar-refractivity contribution in [3.05, 3.63) is 118 Å². The molecule has 0 saturated heterocycles. The van der Waals surface area contributed by atoms with Gasteiger partial charge in [-0.1, -0.05) is 36.1 Å². The van der Waals surface area contributed by atoms with E-state index < -0.39 is 23.3 Å². The highest BCUT2D eigenvalue weighted by atomic mass is 19.2. The first-order valence-electron chi connectivity index (χ1n) is 9.94. The minimum absolute atomic E-state index is 0.0602. The van der Waals surface area contributed by atoms with Crippen LogP contribution in [0.25, 0.3) is 10.8 Å². The van der Waals surface area contributed by atoms with Gasteiger partial charge in [0, 0.05) is 10.9 Å². The molecule has 0 saturated carbocycles. The van der Waals surface area contributed by atoms with Gasteiger partial charge < -0.3 is 0 Å². The molecule has 5 heteroatoms. The van der Waals surface area contributed by atoms with Gasteiger partial charge in [0.15, 0.2) is 17.5 Å². The van der Waals surface area contributed by atoms with Crippen molar-refractivity contribution >= 4 is 10.8 Å². The molecule has 4 aromatic rings. The molecule has 0 unspecified atom stereocenters. The Morgan fingerprint density at radius 1 is 0.656 bits per heavy atom. The molecule has 0 heterocycles. The lowest BCUT2D eigenvalue weighted by Gasteiger charge is -2.06. The van der Waals surface area contributed by atoms with Crippen LogP contribution in [0, 0.1) is 47.9 Å². The van der Waals surface area contributed by atoms with Crippen molar-refractivity contribution in [2.75, 3.05) is 0 Å². The van der Waals surface area contributed by atoms with Crippen LogP contribution in [0.4, 0.5) is 22.0 Å². The normalized spacial score (nSPS) is 10.8. The van der Waals surface area contributed by atoms with Crippen LogP contribution < -0.4 is 0 Å². The van der Waals surface area contributed by atoms with E-state index in [0.29, 0.717) is 29.5 Å². The fourth-order valence-electron chi connectivity index (χ4n) is 3.47. The number of halogens is 5. The van der Waals surface area contributed by atoms with Crippen LogP contribution in [0.5, 0.6) is 0 Å². The summed E-state index contributed by atoms with van der Waals surface area (Å²) in [7, 11) is 0. The topological polar surface area (TPSA) is 0 Å². The zero-order valence-electron chi connectivity index (χ0n) is 17.1. The van der Waals surface area contributed by atoms with Gasteiger partial charge in [-0.05, 0) is 78.2 Å². The molecule has 0 amide bonds. The predicted octanol–water partition coefficient (Wildman–Crippen LogP) is 7.03. The maximum absolute atomic E-state index is 14.5. The molecule has 160 valence electrons.